The SMILES string of the molecule is CN(C)[C@H](CNC(=O)[C@H]1CC(=O)N(c2cccc(C(F)(F)F)c2)C1)c1ccco1. The molecule has 2 heterocycles. The Bertz CT molecular complexity index is 865. The number of anilines is 1. The van der Waals surface area contributed by atoms with Gasteiger partial charge in [-0.05, 0) is 44.4 Å². The number of furan rings is 1. The van der Waals surface area contributed by atoms with Gasteiger partial charge >= 0.3 is 6.18 Å². The van der Waals surface area contributed by atoms with Crippen molar-refractivity contribution in [3.63, 3.8) is 0 Å². The van der Waals surface area contributed by atoms with Gasteiger partial charge in [-0.3, -0.25) is 14.5 Å². The molecule has 2 amide bonds. The highest BCUT2D eigenvalue weighted by atomic mass is 19.4. The summed E-state index contributed by atoms with van der Waals surface area (Å²) in [6.07, 6.45) is -2.99. The highest BCUT2D eigenvalue weighted by Gasteiger charge is 2.37. The van der Waals surface area contributed by atoms with E-state index in [1.54, 1.807) is 12.3 Å². The summed E-state index contributed by atoms with van der Waals surface area (Å²) in [6.45, 7) is 0.326. The molecule has 1 N–H and O–H groups in total. The van der Waals surface area contributed by atoms with Crippen molar-refractivity contribution < 1.29 is 27.2 Å². The second-order valence-corrected chi connectivity index (χ2v) is 7.19. The van der Waals surface area contributed by atoms with E-state index in [9.17, 15) is 22.8 Å². The van der Waals surface area contributed by atoms with Crippen molar-refractivity contribution in [2.45, 2.75) is 18.6 Å². The molecule has 0 aliphatic carbocycles. The number of nitrogens with zero attached hydrogens (tertiary/aromatic N) is 2. The normalized spacial score (nSPS) is 18.3. The van der Waals surface area contributed by atoms with Gasteiger partial charge in [0.05, 0.1) is 23.8 Å². The van der Waals surface area contributed by atoms with Crippen molar-refractivity contribution in [2.24, 2.45) is 5.92 Å². The molecule has 1 aliphatic heterocycles. The zero-order chi connectivity index (χ0) is 21.2. The highest BCUT2D eigenvalue weighted by molar-refractivity contribution is 6.00. The predicted octanol–water partition coefficient (Wildman–Crippen LogP) is 3.07. The Hall–Kier alpha value is -2.81. The number of nitrogens with one attached hydrogen (secondary N) is 1. The second kappa shape index (κ2) is 8.28. The first-order valence-electron chi connectivity index (χ1n) is 9.12. The molecule has 1 aromatic heterocycles. The van der Waals surface area contributed by atoms with Crippen LogP contribution >= 0.6 is 0 Å². The van der Waals surface area contributed by atoms with Gasteiger partial charge in [-0.2, -0.15) is 13.2 Å². The van der Waals surface area contributed by atoms with E-state index in [1.807, 2.05) is 25.1 Å². The van der Waals surface area contributed by atoms with E-state index in [0.29, 0.717) is 5.76 Å². The Kier molecular flexibility index (Phi) is 5.97. The summed E-state index contributed by atoms with van der Waals surface area (Å²) in [7, 11) is 3.71. The molecule has 156 valence electrons. The molecule has 2 aromatic rings. The first-order valence-corrected chi connectivity index (χ1v) is 9.12. The zero-order valence-electron chi connectivity index (χ0n) is 16.1. The Morgan fingerprint density at radius 3 is 2.69 bits per heavy atom. The molecule has 0 bridgehead atoms. The van der Waals surface area contributed by atoms with Gasteiger partial charge in [0.2, 0.25) is 11.8 Å². The average Bonchev–Trinajstić information content (AvgIpc) is 3.31. The molecular formula is C20H22F3N3O3. The molecular weight excluding hydrogens is 387 g/mol. The van der Waals surface area contributed by atoms with Crippen LogP contribution in [0.2, 0.25) is 0 Å². The molecule has 0 spiro atoms. The van der Waals surface area contributed by atoms with Crippen molar-refractivity contribution in [3.8, 4) is 0 Å². The minimum absolute atomic E-state index is 0.0410. The van der Waals surface area contributed by atoms with Crippen LogP contribution in [0.25, 0.3) is 0 Å². The molecule has 6 nitrogen and oxygen atoms in total. The number of hydrogen-bond acceptors (Lipinski definition) is 4. The molecule has 1 aliphatic rings. The molecule has 1 saturated heterocycles. The topological polar surface area (TPSA) is 65.8 Å². The van der Waals surface area contributed by atoms with Gasteiger partial charge in [0.15, 0.2) is 0 Å². The van der Waals surface area contributed by atoms with E-state index < -0.39 is 17.7 Å². The summed E-state index contributed by atoms with van der Waals surface area (Å²) in [5.41, 5.74) is -0.690. The summed E-state index contributed by atoms with van der Waals surface area (Å²) in [4.78, 5) is 28.0. The fourth-order valence-corrected chi connectivity index (χ4v) is 3.34. The van der Waals surface area contributed by atoms with E-state index in [-0.39, 0.29) is 43.1 Å². The Morgan fingerprint density at radius 2 is 2.07 bits per heavy atom. The lowest BCUT2D eigenvalue weighted by Crippen LogP contribution is -2.38. The van der Waals surface area contributed by atoms with Crippen LogP contribution in [0.1, 0.15) is 23.8 Å². The Morgan fingerprint density at radius 1 is 1.31 bits per heavy atom. The van der Waals surface area contributed by atoms with Crippen LogP contribution in [0.3, 0.4) is 0 Å². The summed E-state index contributed by atoms with van der Waals surface area (Å²) in [5.74, 6) is -0.620. The lowest BCUT2D eigenvalue weighted by molar-refractivity contribution is -0.137. The lowest BCUT2D eigenvalue weighted by atomic mass is 10.1. The van der Waals surface area contributed by atoms with Gasteiger partial charge in [-0.15, -0.1) is 0 Å². The average molecular weight is 409 g/mol. The van der Waals surface area contributed by atoms with Crippen LogP contribution in [-0.4, -0.2) is 43.9 Å². The molecule has 1 fully saturated rings. The summed E-state index contributed by atoms with van der Waals surface area (Å²) in [6, 6.07) is 7.96. The molecule has 0 saturated carbocycles. The minimum Gasteiger partial charge on any atom is -0.468 e. The van der Waals surface area contributed by atoms with Gasteiger partial charge in [-0.1, -0.05) is 6.07 Å². The fraction of sp³-hybridized carbons (Fsp3) is 0.400. The molecule has 0 unspecified atom stereocenters. The van der Waals surface area contributed by atoms with E-state index in [4.69, 9.17) is 4.42 Å². The van der Waals surface area contributed by atoms with Crippen molar-refractivity contribution in [1.29, 1.82) is 0 Å². The third-order valence-corrected chi connectivity index (χ3v) is 4.95. The molecule has 0 radical (unpaired) electrons. The summed E-state index contributed by atoms with van der Waals surface area (Å²) < 4.78 is 44.2. The maximum atomic E-state index is 12.9. The van der Waals surface area contributed by atoms with Crippen LogP contribution in [0, 0.1) is 5.92 Å². The highest BCUT2D eigenvalue weighted by Crippen LogP contribution is 2.33. The van der Waals surface area contributed by atoms with E-state index in [2.05, 4.69) is 5.32 Å². The summed E-state index contributed by atoms with van der Waals surface area (Å²) >= 11 is 0. The largest absolute Gasteiger partial charge is 0.468 e. The van der Waals surface area contributed by atoms with Gasteiger partial charge < -0.3 is 14.6 Å². The lowest BCUT2D eigenvalue weighted by Gasteiger charge is -2.23. The summed E-state index contributed by atoms with van der Waals surface area (Å²) in [5, 5.41) is 2.82. The van der Waals surface area contributed by atoms with Crippen LogP contribution in [0.15, 0.2) is 47.1 Å². The van der Waals surface area contributed by atoms with Gasteiger partial charge in [0, 0.05) is 25.2 Å². The number of amides is 2. The Labute approximate surface area is 166 Å². The van der Waals surface area contributed by atoms with Gasteiger partial charge in [0.25, 0.3) is 0 Å². The van der Waals surface area contributed by atoms with Crippen molar-refractivity contribution >= 4 is 17.5 Å². The van der Waals surface area contributed by atoms with Gasteiger partial charge in [0.1, 0.15) is 5.76 Å². The zero-order valence-corrected chi connectivity index (χ0v) is 16.1. The number of carbonyl (C=O) groups excluding carboxylic acids is 2. The van der Waals surface area contributed by atoms with Crippen LogP contribution in [0.4, 0.5) is 18.9 Å². The number of hydrogen-bond donors (Lipinski definition) is 1. The van der Waals surface area contributed by atoms with Crippen molar-refractivity contribution in [1.82, 2.24) is 10.2 Å². The number of carbonyl (C=O) groups is 2. The monoisotopic (exact) mass is 409 g/mol. The number of halogens is 3. The predicted molar refractivity (Wildman–Crippen MR) is 100 cm³/mol. The first kappa shape index (κ1) is 20.9. The van der Waals surface area contributed by atoms with Gasteiger partial charge in [-0.25, -0.2) is 0 Å². The first-order chi connectivity index (χ1) is 13.7. The van der Waals surface area contributed by atoms with E-state index in [1.165, 1.54) is 17.0 Å². The molecule has 29 heavy (non-hydrogen) atoms. The van der Waals surface area contributed by atoms with Crippen LogP contribution < -0.4 is 10.2 Å². The number of rotatable bonds is 6. The molecule has 3 rings (SSSR count). The molecule has 9 heteroatoms. The van der Waals surface area contributed by atoms with Crippen molar-refractivity contribution in [3.05, 3.63) is 54.0 Å². The quantitative estimate of drug-likeness (QED) is 0.797. The molecule has 2 atom stereocenters. The maximum Gasteiger partial charge on any atom is 0.416 e. The minimum atomic E-state index is -4.50. The number of benzene rings is 1. The standard InChI is InChI=1S/C20H22F3N3O3/c1-25(2)16(17-7-4-8-29-17)11-24-19(28)13-9-18(27)26(12-13)15-6-3-5-14(10-15)20(21,22)23/h3-8,10,13,16H,9,11-12H2,1-2H3,(H,24,28)/t13-,16+/m0/s1. The Balaban J connectivity index is 1.65. The van der Waals surface area contributed by atoms with Crippen LogP contribution in [-0.2, 0) is 15.8 Å². The maximum absolute atomic E-state index is 12.9. The number of alkyl halides is 3. The second-order valence-electron chi connectivity index (χ2n) is 7.19. The third kappa shape index (κ3) is 4.79. The van der Waals surface area contributed by atoms with Crippen LogP contribution in [0.5, 0.6) is 0 Å². The third-order valence-electron chi connectivity index (χ3n) is 4.95. The van der Waals surface area contributed by atoms with E-state index in [0.717, 1.165) is 12.1 Å². The van der Waals surface area contributed by atoms with E-state index >= 15 is 0 Å². The smallest absolute Gasteiger partial charge is 0.416 e. The number of likely N-dealkylation sites (N-methyl/N-ethyl adjacent to an activating group) is 1. The van der Waals surface area contributed by atoms with Crippen molar-refractivity contribution in [2.75, 3.05) is 32.1 Å². The molecule has 1 aromatic carbocycles. The fourth-order valence-electron chi connectivity index (χ4n) is 3.34.